The van der Waals surface area contributed by atoms with Gasteiger partial charge in [-0.2, -0.15) is 5.10 Å². The predicted octanol–water partition coefficient (Wildman–Crippen LogP) is 2.35. The number of halogens is 1. The summed E-state index contributed by atoms with van der Waals surface area (Å²) in [6, 6.07) is 0. The fourth-order valence-electron chi connectivity index (χ4n) is 3.90. The first-order chi connectivity index (χ1) is 9.60. The Balaban J connectivity index is 1.71. The van der Waals surface area contributed by atoms with Crippen LogP contribution in [0.5, 0.6) is 0 Å². The molecule has 0 saturated carbocycles. The first-order valence-corrected chi connectivity index (χ1v) is 8.08. The van der Waals surface area contributed by atoms with Crippen molar-refractivity contribution >= 4 is 11.6 Å². The monoisotopic (exact) mass is 296 g/mol. The molecule has 1 atom stereocenters. The van der Waals surface area contributed by atoms with Crippen molar-refractivity contribution in [1.29, 1.82) is 0 Å². The summed E-state index contributed by atoms with van der Waals surface area (Å²) in [6.45, 7) is 7.76. The van der Waals surface area contributed by atoms with Crippen molar-refractivity contribution < 1.29 is 0 Å². The van der Waals surface area contributed by atoms with Crippen LogP contribution in [0.25, 0.3) is 0 Å². The summed E-state index contributed by atoms with van der Waals surface area (Å²) in [7, 11) is 1.92. The van der Waals surface area contributed by atoms with E-state index in [2.05, 4.69) is 22.2 Å². The van der Waals surface area contributed by atoms with Gasteiger partial charge in [0.2, 0.25) is 0 Å². The predicted molar refractivity (Wildman–Crippen MR) is 82.0 cm³/mol. The van der Waals surface area contributed by atoms with Crippen LogP contribution in [0.4, 0.5) is 0 Å². The molecular weight excluding hydrogens is 272 g/mol. The van der Waals surface area contributed by atoms with E-state index in [0.717, 1.165) is 17.4 Å². The van der Waals surface area contributed by atoms with Crippen LogP contribution in [0.1, 0.15) is 36.9 Å². The van der Waals surface area contributed by atoms with Crippen LogP contribution >= 0.6 is 11.6 Å². The summed E-state index contributed by atoms with van der Waals surface area (Å²) in [4.78, 5) is 2.58. The first-order valence-electron chi connectivity index (χ1n) is 7.71. The zero-order chi connectivity index (χ0) is 14.2. The van der Waals surface area contributed by atoms with E-state index >= 15 is 0 Å². The summed E-state index contributed by atoms with van der Waals surface area (Å²) in [6.07, 6.45) is 5.37. The van der Waals surface area contributed by atoms with Gasteiger partial charge in [0, 0.05) is 32.2 Å². The quantitative estimate of drug-likeness (QED) is 0.909. The molecule has 20 heavy (non-hydrogen) atoms. The summed E-state index contributed by atoms with van der Waals surface area (Å²) >= 11 is 6.37. The van der Waals surface area contributed by atoms with Crippen molar-refractivity contribution in [1.82, 2.24) is 20.0 Å². The van der Waals surface area contributed by atoms with Crippen molar-refractivity contribution in [3.63, 3.8) is 0 Å². The van der Waals surface area contributed by atoms with Gasteiger partial charge in [-0.1, -0.05) is 11.6 Å². The molecule has 5 heteroatoms. The fourth-order valence-corrected chi connectivity index (χ4v) is 4.14. The van der Waals surface area contributed by atoms with Crippen molar-refractivity contribution in [2.75, 3.05) is 26.2 Å². The maximum Gasteiger partial charge on any atom is 0.131 e. The molecule has 1 aromatic heterocycles. The minimum atomic E-state index is 0.499. The number of aryl methyl sites for hydroxylation is 2. The molecule has 4 nitrogen and oxygen atoms in total. The SMILES string of the molecule is Cc1nn(C)c(Cl)c1CN1CCCC2(CCCNC2)C1. The van der Waals surface area contributed by atoms with Crippen LogP contribution in [0, 0.1) is 12.3 Å². The highest BCUT2D eigenvalue weighted by atomic mass is 35.5. The Kier molecular flexibility index (Phi) is 4.07. The third-order valence-corrected chi connectivity index (χ3v) is 5.43. The van der Waals surface area contributed by atoms with E-state index < -0.39 is 0 Å². The number of nitrogens with one attached hydrogen (secondary N) is 1. The third kappa shape index (κ3) is 2.74. The second-order valence-electron chi connectivity index (χ2n) is 6.57. The molecule has 0 radical (unpaired) electrons. The Morgan fingerprint density at radius 3 is 2.80 bits per heavy atom. The van der Waals surface area contributed by atoms with Gasteiger partial charge in [0.05, 0.1) is 5.69 Å². The van der Waals surface area contributed by atoms with E-state index in [1.165, 1.54) is 57.4 Å². The van der Waals surface area contributed by atoms with Crippen LogP contribution in [0.3, 0.4) is 0 Å². The average Bonchev–Trinajstić information content (AvgIpc) is 2.67. The molecule has 0 aliphatic carbocycles. The number of nitrogens with zero attached hydrogens (tertiary/aromatic N) is 3. The Labute approximate surface area is 126 Å². The maximum absolute atomic E-state index is 6.37. The normalized spacial score (nSPS) is 28.1. The number of aromatic nitrogens is 2. The van der Waals surface area contributed by atoms with E-state index in [1.807, 2.05) is 7.05 Å². The lowest BCUT2D eigenvalue weighted by Crippen LogP contribution is -2.50. The zero-order valence-electron chi connectivity index (χ0n) is 12.6. The molecule has 2 aliphatic rings. The van der Waals surface area contributed by atoms with E-state index in [4.69, 9.17) is 11.6 Å². The van der Waals surface area contributed by atoms with Gasteiger partial charge >= 0.3 is 0 Å². The van der Waals surface area contributed by atoms with Gasteiger partial charge in [0.15, 0.2) is 0 Å². The molecule has 2 fully saturated rings. The van der Waals surface area contributed by atoms with E-state index in [1.54, 1.807) is 4.68 Å². The molecule has 1 spiro atoms. The van der Waals surface area contributed by atoms with E-state index in [-0.39, 0.29) is 0 Å². The Bertz CT molecular complexity index is 471. The molecule has 1 N–H and O–H groups in total. The summed E-state index contributed by atoms with van der Waals surface area (Å²) in [5.74, 6) is 0. The molecule has 112 valence electrons. The molecular formula is C15H25ClN4. The highest BCUT2D eigenvalue weighted by Crippen LogP contribution is 2.36. The molecule has 0 bridgehead atoms. The van der Waals surface area contributed by atoms with Crippen molar-refractivity contribution in [2.45, 2.75) is 39.2 Å². The van der Waals surface area contributed by atoms with Gasteiger partial charge in [0.1, 0.15) is 5.15 Å². The van der Waals surface area contributed by atoms with Crippen LogP contribution in [0.2, 0.25) is 5.15 Å². The van der Waals surface area contributed by atoms with Crippen molar-refractivity contribution in [2.24, 2.45) is 12.5 Å². The van der Waals surface area contributed by atoms with Gasteiger partial charge in [0.25, 0.3) is 0 Å². The summed E-state index contributed by atoms with van der Waals surface area (Å²) < 4.78 is 1.79. The molecule has 3 heterocycles. The largest absolute Gasteiger partial charge is 0.316 e. The molecule has 0 aromatic carbocycles. The van der Waals surface area contributed by atoms with E-state index in [9.17, 15) is 0 Å². The minimum Gasteiger partial charge on any atom is -0.316 e. The molecule has 2 aliphatic heterocycles. The smallest absolute Gasteiger partial charge is 0.131 e. The lowest BCUT2D eigenvalue weighted by atomic mass is 9.74. The zero-order valence-corrected chi connectivity index (χ0v) is 13.3. The number of hydrogen-bond donors (Lipinski definition) is 1. The second kappa shape index (κ2) is 5.66. The molecule has 2 saturated heterocycles. The lowest BCUT2D eigenvalue weighted by Gasteiger charge is -2.45. The van der Waals surface area contributed by atoms with Gasteiger partial charge in [-0.05, 0) is 51.1 Å². The maximum atomic E-state index is 6.37. The van der Waals surface area contributed by atoms with Crippen molar-refractivity contribution in [3.05, 3.63) is 16.4 Å². The minimum absolute atomic E-state index is 0.499. The average molecular weight is 297 g/mol. The highest BCUT2D eigenvalue weighted by Gasteiger charge is 2.36. The summed E-state index contributed by atoms with van der Waals surface area (Å²) in [5.41, 5.74) is 2.77. The van der Waals surface area contributed by atoms with Crippen molar-refractivity contribution in [3.8, 4) is 0 Å². The van der Waals surface area contributed by atoms with Gasteiger partial charge < -0.3 is 5.32 Å². The second-order valence-corrected chi connectivity index (χ2v) is 6.93. The molecule has 3 rings (SSSR count). The molecule has 1 unspecified atom stereocenters. The third-order valence-electron chi connectivity index (χ3n) is 4.95. The highest BCUT2D eigenvalue weighted by molar-refractivity contribution is 6.30. The van der Waals surface area contributed by atoms with E-state index in [0.29, 0.717) is 5.41 Å². The molecule has 0 amide bonds. The Morgan fingerprint density at radius 1 is 1.35 bits per heavy atom. The van der Waals surface area contributed by atoms with Gasteiger partial charge in [-0.25, -0.2) is 0 Å². The number of rotatable bonds is 2. The Morgan fingerprint density at radius 2 is 2.15 bits per heavy atom. The fraction of sp³-hybridized carbons (Fsp3) is 0.800. The standard InChI is InChI=1S/C15H25ClN4/c1-12-13(14(16)19(2)18-12)9-20-8-4-6-15(11-20)5-3-7-17-10-15/h17H,3-11H2,1-2H3. The first kappa shape index (κ1) is 14.4. The number of piperidine rings is 2. The Hall–Kier alpha value is -0.580. The number of hydrogen-bond acceptors (Lipinski definition) is 3. The van der Waals surface area contributed by atoms with Crippen LogP contribution in [0.15, 0.2) is 0 Å². The number of likely N-dealkylation sites (tertiary alicyclic amines) is 1. The topological polar surface area (TPSA) is 33.1 Å². The van der Waals surface area contributed by atoms with Gasteiger partial charge in [-0.3, -0.25) is 9.58 Å². The van der Waals surface area contributed by atoms with Crippen LogP contribution in [-0.4, -0.2) is 40.9 Å². The summed E-state index contributed by atoms with van der Waals surface area (Å²) in [5, 5.41) is 8.81. The van der Waals surface area contributed by atoms with Crippen LogP contribution in [-0.2, 0) is 13.6 Å². The molecule has 1 aromatic rings. The van der Waals surface area contributed by atoms with Gasteiger partial charge in [-0.15, -0.1) is 0 Å². The van der Waals surface area contributed by atoms with Crippen LogP contribution < -0.4 is 5.32 Å². The lowest BCUT2D eigenvalue weighted by molar-refractivity contribution is 0.0600.